The summed E-state index contributed by atoms with van der Waals surface area (Å²) in [5, 5.41) is 16.6. The minimum Gasteiger partial charge on any atom is -0.396 e. The summed E-state index contributed by atoms with van der Waals surface area (Å²) in [6.07, 6.45) is 1.94. The normalized spacial score (nSPS) is 32.2. The number of hydrogen-bond donors (Lipinski definition) is 2. The molecule has 1 saturated heterocycles. The molecule has 0 spiro atoms. The van der Waals surface area contributed by atoms with Gasteiger partial charge in [0.25, 0.3) is 0 Å². The highest BCUT2D eigenvalue weighted by Gasteiger charge is 2.39. The van der Waals surface area contributed by atoms with E-state index in [0.717, 1.165) is 0 Å². The van der Waals surface area contributed by atoms with Crippen LogP contribution < -0.4 is 0 Å². The van der Waals surface area contributed by atoms with Crippen LogP contribution >= 0.6 is 0 Å². The zero-order valence-corrected chi connectivity index (χ0v) is 8.33. The van der Waals surface area contributed by atoms with Crippen LogP contribution in [0.15, 0.2) is 0 Å². The predicted molar refractivity (Wildman–Crippen MR) is 49.1 cm³/mol. The molecule has 0 radical (unpaired) electrons. The Morgan fingerprint density at radius 1 is 1.00 bits per heavy atom. The molecular formula is C8H16O4S. The van der Waals surface area contributed by atoms with Gasteiger partial charge in [-0.3, -0.25) is 0 Å². The van der Waals surface area contributed by atoms with Gasteiger partial charge in [-0.25, -0.2) is 8.42 Å². The van der Waals surface area contributed by atoms with E-state index in [9.17, 15) is 8.42 Å². The van der Waals surface area contributed by atoms with Crippen LogP contribution in [0, 0.1) is 0 Å². The Hall–Kier alpha value is -0.130. The van der Waals surface area contributed by atoms with Crippen LogP contribution in [-0.2, 0) is 9.84 Å². The summed E-state index contributed by atoms with van der Waals surface area (Å²) in [5.74, 6) is 0. The molecule has 0 aromatic rings. The quantitative estimate of drug-likeness (QED) is 0.665. The molecule has 78 valence electrons. The van der Waals surface area contributed by atoms with Crippen molar-refractivity contribution in [1.82, 2.24) is 0 Å². The first-order chi connectivity index (χ1) is 6.12. The van der Waals surface area contributed by atoms with E-state index in [0.29, 0.717) is 25.7 Å². The second-order valence-corrected chi connectivity index (χ2v) is 5.95. The molecule has 5 heteroatoms. The lowest BCUT2D eigenvalue weighted by atomic mass is 10.1. The van der Waals surface area contributed by atoms with E-state index in [1.54, 1.807) is 0 Å². The Kier molecular flexibility index (Phi) is 3.70. The fraction of sp³-hybridized carbons (Fsp3) is 1.00. The third kappa shape index (κ3) is 2.21. The SMILES string of the molecule is O=S1(=O)C(CCO)CCC1CCO. The lowest BCUT2D eigenvalue weighted by molar-refractivity contribution is 0.283. The van der Waals surface area contributed by atoms with E-state index >= 15 is 0 Å². The molecule has 0 saturated carbocycles. The standard InChI is InChI=1S/C8H16O4S/c9-5-3-7-1-2-8(4-6-10)13(7,11)12/h7-10H,1-6H2. The molecule has 13 heavy (non-hydrogen) atoms. The lowest BCUT2D eigenvalue weighted by Crippen LogP contribution is -2.24. The maximum Gasteiger partial charge on any atom is 0.156 e. The third-order valence-electron chi connectivity index (χ3n) is 2.64. The van der Waals surface area contributed by atoms with Crippen molar-refractivity contribution in [3.8, 4) is 0 Å². The maximum atomic E-state index is 11.7. The predicted octanol–water partition coefficient (Wildman–Crippen LogP) is -0.303. The van der Waals surface area contributed by atoms with Crippen LogP contribution in [0.3, 0.4) is 0 Å². The van der Waals surface area contributed by atoms with E-state index in [1.165, 1.54) is 0 Å². The van der Waals surface area contributed by atoms with Gasteiger partial charge in [0, 0.05) is 13.2 Å². The second kappa shape index (κ2) is 4.39. The Bertz CT molecular complexity index is 227. The van der Waals surface area contributed by atoms with Crippen molar-refractivity contribution in [2.75, 3.05) is 13.2 Å². The van der Waals surface area contributed by atoms with Crippen molar-refractivity contribution >= 4 is 9.84 Å². The van der Waals surface area contributed by atoms with Gasteiger partial charge in [0.05, 0.1) is 10.5 Å². The fourth-order valence-electron chi connectivity index (χ4n) is 1.88. The van der Waals surface area contributed by atoms with Crippen LogP contribution in [0.5, 0.6) is 0 Å². The first-order valence-electron chi connectivity index (χ1n) is 4.57. The van der Waals surface area contributed by atoms with Crippen molar-refractivity contribution in [2.24, 2.45) is 0 Å². The van der Waals surface area contributed by atoms with Gasteiger partial charge in [-0.05, 0) is 25.7 Å². The molecule has 2 unspecified atom stereocenters. The molecule has 4 nitrogen and oxygen atoms in total. The zero-order chi connectivity index (χ0) is 9.90. The average molecular weight is 208 g/mol. The maximum absolute atomic E-state index is 11.7. The van der Waals surface area contributed by atoms with Gasteiger partial charge in [0.2, 0.25) is 0 Å². The van der Waals surface area contributed by atoms with Crippen molar-refractivity contribution in [3.05, 3.63) is 0 Å². The summed E-state index contributed by atoms with van der Waals surface area (Å²) in [7, 11) is -3.07. The first kappa shape index (κ1) is 10.9. The Balaban J connectivity index is 2.66. The smallest absolute Gasteiger partial charge is 0.156 e. The molecule has 2 N–H and O–H groups in total. The van der Waals surface area contributed by atoms with Gasteiger partial charge in [-0.1, -0.05) is 0 Å². The first-order valence-corrected chi connectivity index (χ1v) is 6.18. The number of aliphatic hydroxyl groups is 2. The summed E-state index contributed by atoms with van der Waals surface area (Å²) in [6, 6.07) is 0. The summed E-state index contributed by atoms with van der Waals surface area (Å²) >= 11 is 0. The third-order valence-corrected chi connectivity index (χ3v) is 5.44. The van der Waals surface area contributed by atoms with Crippen molar-refractivity contribution in [1.29, 1.82) is 0 Å². The van der Waals surface area contributed by atoms with Gasteiger partial charge in [0.1, 0.15) is 0 Å². The van der Waals surface area contributed by atoms with E-state index < -0.39 is 9.84 Å². The van der Waals surface area contributed by atoms with Crippen LogP contribution in [0.2, 0.25) is 0 Å². The van der Waals surface area contributed by atoms with Crippen molar-refractivity contribution < 1.29 is 18.6 Å². The Labute approximate surface area is 78.5 Å². The summed E-state index contributed by atoms with van der Waals surface area (Å²) in [5.41, 5.74) is 0. The molecule has 0 amide bonds. The van der Waals surface area contributed by atoms with Gasteiger partial charge < -0.3 is 10.2 Å². The molecule has 0 aliphatic carbocycles. The molecule has 0 aromatic heterocycles. The minimum atomic E-state index is -3.07. The highest BCUT2D eigenvalue weighted by Crippen LogP contribution is 2.30. The summed E-state index contributed by atoms with van der Waals surface area (Å²) < 4.78 is 23.3. The van der Waals surface area contributed by atoms with E-state index in [2.05, 4.69) is 0 Å². The molecule has 1 fully saturated rings. The number of sulfone groups is 1. The molecule has 1 rings (SSSR count). The van der Waals surface area contributed by atoms with E-state index in [4.69, 9.17) is 10.2 Å². The summed E-state index contributed by atoms with van der Waals surface area (Å²) in [4.78, 5) is 0. The van der Waals surface area contributed by atoms with Gasteiger partial charge in [0.15, 0.2) is 9.84 Å². The molecular weight excluding hydrogens is 192 g/mol. The Morgan fingerprint density at radius 2 is 1.38 bits per heavy atom. The van der Waals surface area contributed by atoms with Gasteiger partial charge in [-0.15, -0.1) is 0 Å². The van der Waals surface area contributed by atoms with Crippen LogP contribution in [0.1, 0.15) is 25.7 Å². The molecule has 1 aliphatic rings. The van der Waals surface area contributed by atoms with Crippen molar-refractivity contribution in [3.63, 3.8) is 0 Å². The highest BCUT2D eigenvalue weighted by atomic mass is 32.2. The monoisotopic (exact) mass is 208 g/mol. The topological polar surface area (TPSA) is 74.6 Å². The van der Waals surface area contributed by atoms with Gasteiger partial charge in [-0.2, -0.15) is 0 Å². The minimum absolute atomic E-state index is 0.0737. The molecule has 1 heterocycles. The average Bonchev–Trinajstić information content (AvgIpc) is 2.33. The van der Waals surface area contributed by atoms with Crippen LogP contribution in [-0.4, -0.2) is 42.3 Å². The number of rotatable bonds is 4. The molecule has 1 aliphatic heterocycles. The largest absolute Gasteiger partial charge is 0.396 e. The number of aliphatic hydroxyl groups excluding tert-OH is 2. The van der Waals surface area contributed by atoms with E-state index in [1.807, 2.05) is 0 Å². The Morgan fingerprint density at radius 3 is 1.69 bits per heavy atom. The molecule has 0 bridgehead atoms. The summed E-state index contributed by atoms with van der Waals surface area (Å²) in [6.45, 7) is -0.147. The van der Waals surface area contributed by atoms with Crippen molar-refractivity contribution in [2.45, 2.75) is 36.2 Å². The number of hydrogen-bond acceptors (Lipinski definition) is 4. The zero-order valence-electron chi connectivity index (χ0n) is 7.52. The fourth-order valence-corrected chi connectivity index (χ4v) is 4.22. The highest BCUT2D eigenvalue weighted by molar-refractivity contribution is 7.92. The molecule has 2 atom stereocenters. The van der Waals surface area contributed by atoms with Gasteiger partial charge >= 0.3 is 0 Å². The lowest BCUT2D eigenvalue weighted by Gasteiger charge is -2.10. The van der Waals surface area contributed by atoms with E-state index in [-0.39, 0.29) is 23.7 Å². The molecule has 0 aromatic carbocycles. The second-order valence-electron chi connectivity index (χ2n) is 3.43. The van der Waals surface area contributed by atoms with Crippen LogP contribution in [0.4, 0.5) is 0 Å². The van der Waals surface area contributed by atoms with Crippen LogP contribution in [0.25, 0.3) is 0 Å².